The molecule has 106 valence electrons. The van der Waals surface area contributed by atoms with E-state index in [1.54, 1.807) is 0 Å². The number of hydrogen-bond donors (Lipinski definition) is 0. The van der Waals surface area contributed by atoms with Crippen molar-refractivity contribution in [2.75, 3.05) is 25.4 Å². The Morgan fingerprint density at radius 3 is 2.95 bits per heavy atom. The Kier molecular flexibility index (Phi) is 3.61. The van der Waals surface area contributed by atoms with Crippen molar-refractivity contribution < 1.29 is 8.42 Å². The molecule has 2 fully saturated rings. The summed E-state index contributed by atoms with van der Waals surface area (Å²) in [6.45, 7) is 5.06. The summed E-state index contributed by atoms with van der Waals surface area (Å²) in [6, 6.07) is 0. The molecule has 0 saturated carbocycles. The van der Waals surface area contributed by atoms with Gasteiger partial charge in [-0.05, 0) is 31.7 Å². The van der Waals surface area contributed by atoms with E-state index in [4.69, 9.17) is 0 Å². The maximum absolute atomic E-state index is 12.3. The topological polar surface area (TPSA) is 63.2 Å². The van der Waals surface area contributed by atoms with Crippen molar-refractivity contribution in [1.82, 2.24) is 13.6 Å². The molecule has 0 spiro atoms. The Morgan fingerprint density at radius 1 is 1.37 bits per heavy atom. The maximum Gasteiger partial charge on any atom is 0.198 e. The molecule has 1 aromatic heterocycles. The molecule has 0 aliphatic carbocycles. The van der Waals surface area contributed by atoms with E-state index in [9.17, 15) is 8.42 Å². The van der Waals surface area contributed by atoms with Gasteiger partial charge in [-0.15, -0.1) is 0 Å². The zero-order valence-electron chi connectivity index (χ0n) is 11.1. The molecule has 7 heteroatoms. The van der Waals surface area contributed by atoms with Gasteiger partial charge in [0, 0.05) is 19.0 Å². The molecule has 1 unspecified atom stereocenters. The van der Waals surface area contributed by atoms with Gasteiger partial charge in [-0.3, -0.25) is 0 Å². The van der Waals surface area contributed by atoms with Crippen LogP contribution in [0, 0.1) is 5.92 Å². The average Bonchev–Trinajstić information content (AvgIpc) is 2.94. The second kappa shape index (κ2) is 5.10. The molecule has 0 aromatic carbocycles. The summed E-state index contributed by atoms with van der Waals surface area (Å²) in [5.41, 5.74) is 0.743. The van der Waals surface area contributed by atoms with Gasteiger partial charge in [0.25, 0.3) is 0 Å². The van der Waals surface area contributed by atoms with Crippen LogP contribution in [0.5, 0.6) is 0 Å². The lowest BCUT2D eigenvalue weighted by atomic mass is 9.89. The Morgan fingerprint density at radius 2 is 2.21 bits per heavy atom. The van der Waals surface area contributed by atoms with E-state index in [2.05, 4.69) is 13.6 Å². The molecule has 3 atom stereocenters. The van der Waals surface area contributed by atoms with E-state index >= 15 is 0 Å². The molecular formula is C12H19N3O2S2. The van der Waals surface area contributed by atoms with Gasteiger partial charge in [0.15, 0.2) is 14.9 Å². The average molecular weight is 301 g/mol. The van der Waals surface area contributed by atoms with E-state index in [1.807, 2.05) is 6.92 Å². The number of fused-ring (bicyclic) bond motifs is 2. The lowest BCUT2D eigenvalue weighted by molar-refractivity contribution is 0.269. The number of rotatable bonds is 4. The summed E-state index contributed by atoms with van der Waals surface area (Å²) in [5, 5.41) is 0.262. The number of aromatic nitrogens is 2. The predicted octanol–water partition coefficient (Wildman–Crippen LogP) is 1.53. The molecule has 3 rings (SSSR count). The Balaban J connectivity index is 1.92. The first-order valence-electron chi connectivity index (χ1n) is 6.89. The van der Waals surface area contributed by atoms with E-state index in [0.717, 1.165) is 37.1 Å². The predicted molar refractivity (Wildman–Crippen MR) is 74.2 cm³/mol. The highest BCUT2D eigenvalue weighted by Gasteiger charge is 2.40. The van der Waals surface area contributed by atoms with Crippen LogP contribution in [0.15, 0.2) is 5.03 Å². The third kappa shape index (κ3) is 2.43. The zero-order chi connectivity index (χ0) is 13.5. The zero-order valence-corrected chi connectivity index (χ0v) is 12.7. The minimum Gasteiger partial charge on any atom is -0.302 e. The quantitative estimate of drug-likeness (QED) is 0.844. The van der Waals surface area contributed by atoms with Gasteiger partial charge in [0.1, 0.15) is 0 Å². The number of nitrogens with zero attached hydrogens (tertiary/aromatic N) is 3. The van der Waals surface area contributed by atoms with Crippen molar-refractivity contribution in [3.8, 4) is 0 Å². The van der Waals surface area contributed by atoms with E-state index in [0.29, 0.717) is 12.3 Å². The minimum atomic E-state index is -3.25. The molecule has 0 radical (unpaired) electrons. The molecule has 0 N–H and O–H groups in total. The number of sulfone groups is 1. The molecule has 3 heterocycles. The second-order valence-electron chi connectivity index (χ2n) is 5.54. The van der Waals surface area contributed by atoms with Crippen LogP contribution >= 0.6 is 11.7 Å². The summed E-state index contributed by atoms with van der Waals surface area (Å²) in [4.78, 5) is 2.42. The fourth-order valence-corrected chi connectivity index (χ4v) is 5.69. The lowest BCUT2D eigenvalue weighted by Gasteiger charge is -2.21. The highest BCUT2D eigenvalue weighted by molar-refractivity contribution is 7.91. The van der Waals surface area contributed by atoms with Crippen LogP contribution in [0.25, 0.3) is 0 Å². The fourth-order valence-electron chi connectivity index (χ4n) is 3.32. The molecule has 2 saturated heterocycles. The second-order valence-corrected chi connectivity index (χ2v) is 8.09. The summed E-state index contributed by atoms with van der Waals surface area (Å²) >= 11 is 1.04. The lowest BCUT2D eigenvalue weighted by Crippen LogP contribution is -2.25. The first-order chi connectivity index (χ1) is 9.12. The molecule has 1 aromatic rings. The van der Waals surface area contributed by atoms with Crippen LogP contribution in [0.2, 0.25) is 0 Å². The van der Waals surface area contributed by atoms with Crippen molar-refractivity contribution >= 4 is 21.6 Å². The van der Waals surface area contributed by atoms with Crippen molar-refractivity contribution in [3.05, 3.63) is 5.69 Å². The van der Waals surface area contributed by atoms with Gasteiger partial charge >= 0.3 is 0 Å². The van der Waals surface area contributed by atoms with Gasteiger partial charge in [0.05, 0.1) is 23.2 Å². The van der Waals surface area contributed by atoms with Gasteiger partial charge in [0.2, 0.25) is 0 Å². The normalized spacial score (nSPS) is 30.7. The standard InChI is InChI=1S/C12H19N3O2S2/c1-2-6-19(16,17)12-11(13-18-14-12)10-8-15-5-3-4-9(10)7-15/h9-10H,2-8H2,1H3/t9-,10-/m0/s1. The summed E-state index contributed by atoms with van der Waals surface area (Å²) in [5.74, 6) is 1.00. The third-order valence-corrected chi connectivity index (χ3v) is 6.66. The molecule has 2 bridgehead atoms. The number of piperidine rings is 1. The van der Waals surface area contributed by atoms with Crippen LogP contribution < -0.4 is 0 Å². The maximum atomic E-state index is 12.3. The minimum absolute atomic E-state index is 0.173. The smallest absolute Gasteiger partial charge is 0.198 e. The van der Waals surface area contributed by atoms with Crippen molar-refractivity contribution in [3.63, 3.8) is 0 Å². The van der Waals surface area contributed by atoms with Gasteiger partial charge in [-0.25, -0.2) is 8.42 Å². The van der Waals surface area contributed by atoms with Crippen LogP contribution in [0.1, 0.15) is 37.8 Å². The third-order valence-electron chi connectivity index (χ3n) is 4.17. The molecule has 5 nitrogen and oxygen atoms in total. The van der Waals surface area contributed by atoms with Gasteiger partial charge in [-0.1, -0.05) is 6.92 Å². The highest BCUT2D eigenvalue weighted by atomic mass is 32.2. The largest absolute Gasteiger partial charge is 0.302 e. The van der Waals surface area contributed by atoms with Crippen LogP contribution in [0.4, 0.5) is 0 Å². The molecular weight excluding hydrogens is 282 g/mol. The van der Waals surface area contributed by atoms with Crippen molar-refractivity contribution in [1.29, 1.82) is 0 Å². The van der Waals surface area contributed by atoms with E-state index < -0.39 is 9.84 Å². The van der Waals surface area contributed by atoms with E-state index in [-0.39, 0.29) is 16.7 Å². The molecule has 0 amide bonds. The molecule has 2 aliphatic rings. The van der Waals surface area contributed by atoms with Crippen LogP contribution in [-0.2, 0) is 9.84 Å². The first-order valence-corrected chi connectivity index (χ1v) is 9.27. The first kappa shape index (κ1) is 13.5. The van der Waals surface area contributed by atoms with Crippen LogP contribution in [-0.4, -0.2) is 47.5 Å². The van der Waals surface area contributed by atoms with Gasteiger partial charge < -0.3 is 4.90 Å². The summed E-state index contributed by atoms with van der Waals surface area (Å²) < 4.78 is 32.9. The van der Waals surface area contributed by atoms with E-state index in [1.165, 1.54) is 12.8 Å². The van der Waals surface area contributed by atoms with Crippen LogP contribution in [0.3, 0.4) is 0 Å². The van der Waals surface area contributed by atoms with Crippen molar-refractivity contribution in [2.45, 2.75) is 37.1 Å². The SMILES string of the molecule is CCCS(=O)(=O)c1nsnc1[C@H]1CN2CCC[C@H]1C2. The Bertz CT molecular complexity index is 555. The molecule has 19 heavy (non-hydrogen) atoms. The Hall–Kier alpha value is -0.530. The highest BCUT2D eigenvalue weighted by Crippen LogP contribution is 2.40. The number of hydrogen-bond acceptors (Lipinski definition) is 6. The summed E-state index contributed by atoms with van der Waals surface area (Å²) in [7, 11) is -3.25. The summed E-state index contributed by atoms with van der Waals surface area (Å²) in [6.07, 6.45) is 3.03. The van der Waals surface area contributed by atoms with Gasteiger partial charge in [-0.2, -0.15) is 8.75 Å². The molecule has 2 aliphatic heterocycles. The fraction of sp³-hybridized carbons (Fsp3) is 0.833. The monoisotopic (exact) mass is 301 g/mol. The Labute approximate surface area is 118 Å². The van der Waals surface area contributed by atoms with Crippen molar-refractivity contribution in [2.24, 2.45) is 5.92 Å².